The zero-order chi connectivity index (χ0) is 9.40. The molecule has 2 nitrogen and oxygen atoms in total. The molecule has 0 bridgehead atoms. The van der Waals surface area contributed by atoms with Gasteiger partial charge in [0.05, 0.1) is 6.42 Å². The van der Waals surface area contributed by atoms with E-state index in [0.29, 0.717) is 0 Å². The highest BCUT2D eigenvalue weighted by Gasteiger charge is 1.90. The number of hydrogen-bond acceptors (Lipinski definition) is 1. The van der Waals surface area contributed by atoms with E-state index in [9.17, 15) is 4.79 Å². The second-order valence-corrected chi connectivity index (χ2v) is 2.54. The number of carboxylic acids is 1. The topological polar surface area (TPSA) is 37.3 Å². The van der Waals surface area contributed by atoms with Crippen LogP contribution in [0.4, 0.5) is 0 Å². The van der Waals surface area contributed by atoms with Crippen molar-refractivity contribution in [3.63, 3.8) is 0 Å². The van der Waals surface area contributed by atoms with Crippen LogP contribution in [-0.2, 0) is 4.79 Å². The predicted molar refractivity (Wildman–Crippen MR) is 50.1 cm³/mol. The molecule has 0 amide bonds. The molecule has 0 saturated heterocycles. The first-order valence-corrected chi connectivity index (χ1v) is 4.28. The van der Waals surface area contributed by atoms with Crippen LogP contribution >= 0.6 is 0 Å². The number of hydrogen-bond donors (Lipinski definition) is 1. The van der Waals surface area contributed by atoms with Crippen molar-refractivity contribution in [3.8, 4) is 0 Å². The van der Waals surface area contributed by atoms with Gasteiger partial charge in [-0.2, -0.15) is 0 Å². The van der Waals surface area contributed by atoms with Crippen LogP contribution in [0.1, 0.15) is 33.1 Å². The average molecular weight is 168 g/mol. The van der Waals surface area contributed by atoms with E-state index < -0.39 is 5.97 Å². The Morgan fingerprint density at radius 2 is 2.08 bits per heavy atom. The van der Waals surface area contributed by atoms with Crippen LogP contribution in [0.3, 0.4) is 0 Å². The maximum atomic E-state index is 10.2. The lowest BCUT2D eigenvalue weighted by molar-refractivity contribution is -0.135. The van der Waals surface area contributed by atoms with Crippen molar-refractivity contribution in [1.82, 2.24) is 0 Å². The summed E-state index contributed by atoms with van der Waals surface area (Å²) < 4.78 is 0. The smallest absolute Gasteiger partial charge is 0.307 e. The molecule has 0 unspecified atom stereocenters. The fourth-order valence-corrected chi connectivity index (χ4v) is 0.904. The molecule has 0 aliphatic rings. The number of carboxylic acid groups (broad SMARTS) is 1. The van der Waals surface area contributed by atoms with Gasteiger partial charge in [0.1, 0.15) is 0 Å². The Bertz CT molecular complexity index is 190. The highest BCUT2D eigenvalue weighted by molar-refractivity contribution is 5.68. The third-order valence-corrected chi connectivity index (χ3v) is 1.50. The molecule has 0 fully saturated rings. The summed E-state index contributed by atoms with van der Waals surface area (Å²) >= 11 is 0. The van der Waals surface area contributed by atoms with Gasteiger partial charge in [0.25, 0.3) is 0 Å². The minimum atomic E-state index is -0.779. The van der Waals surface area contributed by atoms with E-state index >= 15 is 0 Å². The molecule has 0 spiro atoms. The Kier molecular flexibility index (Phi) is 6.07. The van der Waals surface area contributed by atoms with E-state index in [1.807, 2.05) is 6.08 Å². The quantitative estimate of drug-likeness (QED) is 0.641. The van der Waals surface area contributed by atoms with E-state index in [4.69, 9.17) is 5.11 Å². The zero-order valence-electron chi connectivity index (χ0n) is 7.71. The van der Waals surface area contributed by atoms with Crippen LogP contribution in [0.2, 0.25) is 0 Å². The van der Waals surface area contributed by atoms with Crippen LogP contribution < -0.4 is 0 Å². The van der Waals surface area contributed by atoms with Gasteiger partial charge in [-0.25, -0.2) is 0 Å². The molecule has 68 valence electrons. The lowest BCUT2D eigenvalue weighted by atomic mass is 10.1. The molecule has 12 heavy (non-hydrogen) atoms. The molecular formula is C10H16O2. The molecular weight excluding hydrogens is 152 g/mol. The summed E-state index contributed by atoms with van der Waals surface area (Å²) in [5, 5.41) is 8.36. The summed E-state index contributed by atoms with van der Waals surface area (Å²) in [6.07, 6.45) is 7.76. The van der Waals surface area contributed by atoms with Gasteiger partial charge in [-0.3, -0.25) is 4.79 Å². The minimum Gasteiger partial charge on any atom is -0.481 e. The molecule has 0 saturated carbocycles. The third-order valence-electron chi connectivity index (χ3n) is 1.50. The maximum absolute atomic E-state index is 10.2. The molecule has 0 aromatic rings. The van der Waals surface area contributed by atoms with Crippen LogP contribution in [-0.4, -0.2) is 11.1 Å². The van der Waals surface area contributed by atoms with Crippen molar-refractivity contribution in [2.75, 3.05) is 0 Å². The van der Waals surface area contributed by atoms with E-state index in [2.05, 4.69) is 19.9 Å². The van der Waals surface area contributed by atoms with E-state index in [1.165, 1.54) is 5.57 Å². The van der Waals surface area contributed by atoms with Crippen molar-refractivity contribution in [2.24, 2.45) is 0 Å². The summed E-state index contributed by atoms with van der Waals surface area (Å²) in [4.78, 5) is 10.2. The van der Waals surface area contributed by atoms with Crippen LogP contribution in [0.15, 0.2) is 23.8 Å². The molecule has 0 rings (SSSR count). The molecule has 0 aromatic carbocycles. The van der Waals surface area contributed by atoms with E-state index in [0.717, 1.165) is 12.8 Å². The molecule has 1 N–H and O–H groups in total. The van der Waals surface area contributed by atoms with Crippen molar-refractivity contribution in [2.45, 2.75) is 33.1 Å². The standard InChI is InChI=1S/C10H16O2/c1-3-6-9(4-2)7-5-8-10(11)12/h5-7H,3-4,8H2,1-2H3,(H,11,12). The summed E-state index contributed by atoms with van der Waals surface area (Å²) in [6.45, 7) is 4.13. The van der Waals surface area contributed by atoms with Gasteiger partial charge < -0.3 is 5.11 Å². The number of rotatable bonds is 5. The van der Waals surface area contributed by atoms with Gasteiger partial charge >= 0.3 is 5.97 Å². The molecule has 0 aliphatic carbocycles. The van der Waals surface area contributed by atoms with Crippen molar-refractivity contribution < 1.29 is 9.90 Å². The van der Waals surface area contributed by atoms with Crippen LogP contribution in [0.25, 0.3) is 0 Å². The molecule has 0 aromatic heterocycles. The number of allylic oxidation sites excluding steroid dienone is 3. The SMILES string of the molecule is CCC=C(C=CCC(=O)O)CC. The minimum absolute atomic E-state index is 0.112. The summed E-state index contributed by atoms with van der Waals surface area (Å²) in [7, 11) is 0. The highest BCUT2D eigenvalue weighted by atomic mass is 16.4. The van der Waals surface area contributed by atoms with Gasteiger partial charge in [-0.15, -0.1) is 0 Å². The monoisotopic (exact) mass is 168 g/mol. The third kappa shape index (κ3) is 5.71. The van der Waals surface area contributed by atoms with E-state index in [-0.39, 0.29) is 6.42 Å². The first-order chi connectivity index (χ1) is 5.70. The second-order valence-electron chi connectivity index (χ2n) is 2.54. The van der Waals surface area contributed by atoms with Crippen LogP contribution in [0.5, 0.6) is 0 Å². The Hall–Kier alpha value is -1.05. The number of carbonyl (C=O) groups is 1. The summed E-state index contributed by atoms with van der Waals surface area (Å²) in [5.74, 6) is -0.779. The van der Waals surface area contributed by atoms with Gasteiger partial charge in [0.2, 0.25) is 0 Å². The summed E-state index contributed by atoms with van der Waals surface area (Å²) in [5.41, 5.74) is 1.21. The number of aliphatic carboxylic acids is 1. The molecule has 0 aliphatic heterocycles. The van der Waals surface area contributed by atoms with Crippen molar-refractivity contribution in [3.05, 3.63) is 23.8 Å². The Morgan fingerprint density at radius 1 is 1.42 bits per heavy atom. The Morgan fingerprint density at radius 3 is 2.50 bits per heavy atom. The first kappa shape index (κ1) is 11.0. The lowest BCUT2D eigenvalue weighted by Crippen LogP contribution is -1.89. The highest BCUT2D eigenvalue weighted by Crippen LogP contribution is 2.04. The van der Waals surface area contributed by atoms with Gasteiger partial charge in [-0.05, 0) is 12.8 Å². The van der Waals surface area contributed by atoms with Crippen molar-refractivity contribution in [1.29, 1.82) is 0 Å². The van der Waals surface area contributed by atoms with Gasteiger partial charge in [-0.1, -0.05) is 37.6 Å². The van der Waals surface area contributed by atoms with Gasteiger partial charge in [0, 0.05) is 0 Å². The molecule has 0 heterocycles. The Balaban J connectivity index is 3.93. The van der Waals surface area contributed by atoms with Crippen LogP contribution in [0, 0.1) is 0 Å². The molecule has 0 radical (unpaired) electrons. The van der Waals surface area contributed by atoms with Crippen molar-refractivity contribution >= 4 is 5.97 Å². The second kappa shape index (κ2) is 6.65. The Labute approximate surface area is 73.6 Å². The molecule has 2 heteroatoms. The fraction of sp³-hybridized carbons (Fsp3) is 0.500. The largest absolute Gasteiger partial charge is 0.481 e. The van der Waals surface area contributed by atoms with Gasteiger partial charge in [0.15, 0.2) is 0 Å². The predicted octanol–water partition coefficient (Wildman–Crippen LogP) is 2.76. The lowest BCUT2D eigenvalue weighted by Gasteiger charge is -1.94. The fourth-order valence-electron chi connectivity index (χ4n) is 0.904. The summed E-state index contributed by atoms with van der Waals surface area (Å²) in [6, 6.07) is 0. The average Bonchev–Trinajstić information content (AvgIpc) is 2.02. The maximum Gasteiger partial charge on any atom is 0.307 e. The first-order valence-electron chi connectivity index (χ1n) is 4.28. The zero-order valence-corrected chi connectivity index (χ0v) is 7.71. The van der Waals surface area contributed by atoms with E-state index in [1.54, 1.807) is 6.08 Å². The molecule has 0 atom stereocenters. The normalized spacial score (nSPS) is 12.3.